The zero-order valence-corrected chi connectivity index (χ0v) is 8.81. The molecule has 0 radical (unpaired) electrons. The van der Waals surface area contributed by atoms with Crippen molar-refractivity contribution in [2.75, 3.05) is 11.9 Å². The van der Waals surface area contributed by atoms with E-state index in [0.717, 1.165) is 16.0 Å². The highest BCUT2D eigenvalue weighted by Gasteiger charge is 2.18. The Labute approximate surface area is 84.7 Å². The maximum Gasteiger partial charge on any atom is 0.168 e. The second-order valence-electron chi connectivity index (χ2n) is 3.05. The van der Waals surface area contributed by atoms with Crippen molar-refractivity contribution >= 4 is 27.5 Å². The molecule has 0 saturated heterocycles. The molecule has 13 heavy (non-hydrogen) atoms. The van der Waals surface area contributed by atoms with Crippen molar-refractivity contribution in [1.82, 2.24) is 4.98 Å². The molecule has 1 aromatic rings. The standard InChI is InChI=1S/C9H9BrN2O/c1-5-7(10)4-6-8(13)2-3-11-9(6)12-5/h4H,2-3H2,1H3,(H,11,12). The molecule has 1 aliphatic heterocycles. The molecule has 3 nitrogen and oxygen atoms in total. The average Bonchev–Trinajstić information content (AvgIpc) is 2.09. The highest BCUT2D eigenvalue weighted by molar-refractivity contribution is 9.10. The molecule has 0 amide bonds. The van der Waals surface area contributed by atoms with Crippen LogP contribution in [0, 0.1) is 6.92 Å². The molecule has 0 aliphatic carbocycles. The lowest BCUT2D eigenvalue weighted by Crippen LogP contribution is -2.19. The number of hydrogen-bond donors (Lipinski definition) is 1. The number of aromatic nitrogens is 1. The van der Waals surface area contributed by atoms with Gasteiger partial charge in [0, 0.05) is 17.4 Å². The largest absolute Gasteiger partial charge is 0.369 e. The Balaban J connectivity index is 2.58. The van der Waals surface area contributed by atoms with E-state index in [4.69, 9.17) is 0 Å². The van der Waals surface area contributed by atoms with Crippen LogP contribution in [0.15, 0.2) is 10.5 Å². The van der Waals surface area contributed by atoms with Gasteiger partial charge in [-0.1, -0.05) is 0 Å². The number of anilines is 1. The van der Waals surface area contributed by atoms with E-state index >= 15 is 0 Å². The van der Waals surface area contributed by atoms with Gasteiger partial charge in [-0.15, -0.1) is 0 Å². The summed E-state index contributed by atoms with van der Waals surface area (Å²) in [6.45, 7) is 2.60. The van der Waals surface area contributed by atoms with Gasteiger partial charge in [-0.25, -0.2) is 4.98 Å². The predicted octanol–water partition coefficient (Wildman–Crippen LogP) is 2.15. The van der Waals surface area contributed by atoms with Crippen LogP contribution in [0.1, 0.15) is 22.5 Å². The topological polar surface area (TPSA) is 42.0 Å². The average molecular weight is 241 g/mol. The number of halogens is 1. The molecular weight excluding hydrogens is 232 g/mol. The SMILES string of the molecule is Cc1nc2c(cc1Br)C(=O)CCN2. The van der Waals surface area contributed by atoms with Crippen molar-refractivity contribution in [3.63, 3.8) is 0 Å². The van der Waals surface area contributed by atoms with E-state index in [9.17, 15) is 4.79 Å². The van der Waals surface area contributed by atoms with Crippen molar-refractivity contribution in [2.45, 2.75) is 13.3 Å². The lowest BCUT2D eigenvalue weighted by molar-refractivity contribution is 0.0983. The Morgan fingerprint density at radius 1 is 1.62 bits per heavy atom. The van der Waals surface area contributed by atoms with Crippen LogP contribution in [0.25, 0.3) is 0 Å². The smallest absolute Gasteiger partial charge is 0.168 e. The Bertz CT molecular complexity index is 376. The summed E-state index contributed by atoms with van der Waals surface area (Å²) in [5, 5.41) is 3.11. The molecule has 2 rings (SSSR count). The van der Waals surface area contributed by atoms with Crippen LogP contribution < -0.4 is 5.32 Å². The van der Waals surface area contributed by atoms with Crippen molar-refractivity contribution in [2.24, 2.45) is 0 Å². The van der Waals surface area contributed by atoms with Gasteiger partial charge >= 0.3 is 0 Å². The number of nitrogens with one attached hydrogen (secondary N) is 1. The minimum Gasteiger partial charge on any atom is -0.369 e. The third-order valence-corrected chi connectivity index (χ3v) is 2.90. The number of nitrogens with zero attached hydrogens (tertiary/aromatic N) is 1. The summed E-state index contributed by atoms with van der Waals surface area (Å²) in [7, 11) is 0. The fourth-order valence-corrected chi connectivity index (χ4v) is 1.67. The highest BCUT2D eigenvalue weighted by Crippen LogP contribution is 2.25. The van der Waals surface area contributed by atoms with Crippen molar-refractivity contribution in [1.29, 1.82) is 0 Å². The van der Waals surface area contributed by atoms with Gasteiger partial charge in [0.05, 0.1) is 11.3 Å². The zero-order valence-electron chi connectivity index (χ0n) is 7.22. The monoisotopic (exact) mass is 240 g/mol. The first-order valence-corrected chi connectivity index (χ1v) is 4.92. The van der Waals surface area contributed by atoms with Crippen molar-refractivity contribution < 1.29 is 4.79 Å². The van der Waals surface area contributed by atoms with Gasteiger partial charge in [-0.3, -0.25) is 4.79 Å². The quantitative estimate of drug-likeness (QED) is 0.756. The normalized spacial score (nSPS) is 15.1. The summed E-state index contributed by atoms with van der Waals surface area (Å²) in [4.78, 5) is 15.7. The first kappa shape index (κ1) is 8.69. The van der Waals surface area contributed by atoms with E-state index in [1.54, 1.807) is 0 Å². The highest BCUT2D eigenvalue weighted by atomic mass is 79.9. The number of ketones is 1. The van der Waals surface area contributed by atoms with Gasteiger partial charge < -0.3 is 5.32 Å². The van der Waals surface area contributed by atoms with Crippen LogP contribution in [0.2, 0.25) is 0 Å². The first-order chi connectivity index (χ1) is 6.18. The number of pyridine rings is 1. The summed E-state index contributed by atoms with van der Waals surface area (Å²) in [6.07, 6.45) is 0.560. The third kappa shape index (κ3) is 1.46. The van der Waals surface area contributed by atoms with Crippen LogP contribution in [-0.2, 0) is 0 Å². The number of carbonyl (C=O) groups excluding carboxylic acids is 1. The van der Waals surface area contributed by atoms with Gasteiger partial charge in [0.2, 0.25) is 0 Å². The number of Topliss-reactive ketones (excluding diaryl/α,β-unsaturated/α-hetero) is 1. The molecule has 0 fully saturated rings. The molecule has 68 valence electrons. The third-order valence-electron chi connectivity index (χ3n) is 2.10. The van der Waals surface area contributed by atoms with E-state index < -0.39 is 0 Å². The molecule has 1 aliphatic rings. The van der Waals surface area contributed by atoms with E-state index in [0.29, 0.717) is 18.5 Å². The van der Waals surface area contributed by atoms with E-state index in [1.165, 1.54) is 0 Å². The van der Waals surface area contributed by atoms with Crippen LogP contribution in [0.3, 0.4) is 0 Å². The number of aryl methyl sites for hydroxylation is 1. The number of carbonyl (C=O) groups is 1. The molecular formula is C9H9BrN2O. The van der Waals surface area contributed by atoms with E-state index in [1.807, 2.05) is 13.0 Å². The molecule has 0 aromatic carbocycles. The molecule has 0 atom stereocenters. The van der Waals surface area contributed by atoms with Gasteiger partial charge in [-0.05, 0) is 28.9 Å². The molecule has 0 saturated carbocycles. The summed E-state index contributed by atoms with van der Waals surface area (Å²) in [6, 6.07) is 1.84. The Morgan fingerprint density at radius 2 is 2.38 bits per heavy atom. The van der Waals surface area contributed by atoms with E-state index in [2.05, 4.69) is 26.2 Å². The fraction of sp³-hybridized carbons (Fsp3) is 0.333. The molecule has 1 aromatic heterocycles. The second-order valence-corrected chi connectivity index (χ2v) is 3.91. The van der Waals surface area contributed by atoms with E-state index in [-0.39, 0.29) is 5.78 Å². The van der Waals surface area contributed by atoms with Gasteiger partial charge in [-0.2, -0.15) is 0 Å². The summed E-state index contributed by atoms with van der Waals surface area (Å²) < 4.78 is 0.892. The van der Waals surface area contributed by atoms with Gasteiger partial charge in [0.25, 0.3) is 0 Å². The maximum atomic E-state index is 11.4. The van der Waals surface area contributed by atoms with Gasteiger partial charge in [0.1, 0.15) is 5.82 Å². The van der Waals surface area contributed by atoms with Crippen molar-refractivity contribution in [3.8, 4) is 0 Å². The summed E-state index contributed by atoms with van der Waals surface area (Å²) in [5.74, 6) is 0.888. The zero-order chi connectivity index (χ0) is 9.42. The Hall–Kier alpha value is -0.900. The van der Waals surface area contributed by atoms with Gasteiger partial charge in [0.15, 0.2) is 5.78 Å². The number of rotatable bonds is 0. The molecule has 0 spiro atoms. The lowest BCUT2D eigenvalue weighted by atomic mass is 10.1. The van der Waals surface area contributed by atoms with Crippen molar-refractivity contribution in [3.05, 3.63) is 21.8 Å². The Kier molecular flexibility index (Phi) is 2.07. The van der Waals surface area contributed by atoms with Crippen LogP contribution in [-0.4, -0.2) is 17.3 Å². The fourth-order valence-electron chi connectivity index (χ4n) is 1.36. The molecule has 0 unspecified atom stereocenters. The molecule has 4 heteroatoms. The maximum absolute atomic E-state index is 11.4. The molecule has 1 N–H and O–H groups in total. The predicted molar refractivity (Wildman–Crippen MR) is 54.1 cm³/mol. The minimum absolute atomic E-state index is 0.168. The molecule has 0 bridgehead atoms. The number of fused-ring (bicyclic) bond motifs is 1. The van der Waals surface area contributed by atoms with Crippen LogP contribution in [0.5, 0.6) is 0 Å². The minimum atomic E-state index is 0.168. The van der Waals surface area contributed by atoms with Crippen LogP contribution in [0.4, 0.5) is 5.82 Å². The second kappa shape index (κ2) is 3.10. The first-order valence-electron chi connectivity index (χ1n) is 4.12. The summed E-state index contributed by atoms with van der Waals surface area (Å²) >= 11 is 3.36. The van der Waals surface area contributed by atoms with Crippen LogP contribution >= 0.6 is 15.9 Å². The summed E-state index contributed by atoms with van der Waals surface area (Å²) in [5.41, 5.74) is 1.60. The number of hydrogen-bond acceptors (Lipinski definition) is 3. The lowest BCUT2D eigenvalue weighted by Gasteiger charge is -2.16. The Morgan fingerprint density at radius 3 is 3.15 bits per heavy atom. The molecule has 2 heterocycles.